The Morgan fingerprint density at radius 3 is 2.47 bits per heavy atom. The maximum absolute atomic E-state index is 15.4. The van der Waals surface area contributed by atoms with Crippen LogP contribution in [0, 0.1) is 17.6 Å². The number of benzene rings is 2. The first-order valence-corrected chi connectivity index (χ1v) is 19.2. The predicted molar refractivity (Wildman–Crippen MR) is 191 cm³/mol. The summed E-state index contributed by atoms with van der Waals surface area (Å²) in [6.07, 6.45) is 1.19. The molecule has 1 fully saturated rings. The zero-order chi connectivity index (χ0) is 40.7. The lowest BCUT2D eigenvalue weighted by Crippen LogP contribution is -2.38. The molecule has 2 aliphatic carbocycles. The minimum Gasteiger partial charge on any atom is -0.344 e. The van der Waals surface area contributed by atoms with E-state index in [1.54, 1.807) is 0 Å². The maximum atomic E-state index is 15.4. The number of amides is 1. The summed E-state index contributed by atoms with van der Waals surface area (Å²) in [5, 5.41) is 10.6. The second-order valence-electron chi connectivity index (χ2n) is 13.7. The van der Waals surface area contributed by atoms with E-state index in [1.807, 2.05) is 0 Å². The van der Waals surface area contributed by atoms with E-state index < -0.39 is 87.7 Å². The number of fused-ring (bicyclic) bond motifs is 4. The highest BCUT2D eigenvalue weighted by atomic mass is 35.5. The molecule has 4 aromatic heterocycles. The van der Waals surface area contributed by atoms with Gasteiger partial charge in [0.25, 0.3) is 17.9 Å². The van der Waals surface area contributed by atoms with Gasteiger partial charge in [-0.05, 0) is 42.2 Å². The number of rotatable bonds is 11. The highest BCUT2D eigenvalue weighted by molar-refractivity contribution is 7.92. The molecule has 0 saturated heterocycles. The number of aryl methyl sites for hydroxylation is 1. The first-order chi connectivity index (χ1) is 26.9. The number of halogens is 7. The number of carbonyl (C=O) groups excluding carboxylic acids is 1. The SMILES string of the molecule is Cn1nc(NS(C)(=O)=O)c2c(Cl)ccc(-n3c([C@H](Cc4cc(F)cc(F)c4)NC(=O)Cn4nc(C(F)F)c5c4C(F)(F)[C@@H]4C[C@H]54)nc(-c4cnccn4)cc3=O)c21. The van der Waals surface area contributed by atoms with Crippen molar-refractivity contribution in [2.45, 2.75) is 43.7 Å². The van der Waals surface area contributed by atoms with Crippen LogP contribution in [0.5, 0.6) is 0 Å². The normalized spacial score (nSPS) is 17.4. The second kappa shape index (κ2) is 13.7. The van der Waals surface area contributed by atoms with Crippen LogP contribution >= 0.6 is 11.6 Å². The molecule has 1 saturated carbocycles. The molecule has 14 nitrogen and oxygen atoms in total. The van der Waals surface area contributed by atoms with Crippen molar-refractivity contribution in [3.63, 3.8) is 0 Å². The Kier molecular flexibility index (Phi) is 9.13. The zero-order valence-electron chi connectivity index (χ0n) is 29.4. The van der Waals surface area contributed by atoms with E-state index in [4.69, 9.17) is 11.6 Å². The zero-order valence-corrected chi connectivity index (χ0v) is 31.0. The molecule has 4 heterocycles. The van der Waals surface area contributed by atoms with E-state index in [0.29, 0.717) is 10.7 Å². The molecule has 2 aromatic carbocycles. The fraction of sp³-hybridized carbons (Fsp3) is 0.286. The Hall–Kier alpha value is -5.83. The fourth-order valence-corrected chi connectivity index (χ4v) is 8.19. The average molecular weight is 833 g/mol. The van der Waals surface area contributed by atoms with Gasteiger partial charge in [0.15, 0.2) is 5.82 Å². The Bertz CT molecular complexity index is 2780. The molecule has 1 amide bonds. The summed E-state index contributed by atoms with van der Waals surface area (Å²) in [5.74, 6) is -9.09. The van der Waals surface area contributed by atoms with Crippen LogP contribution in [-0.2, 0) is 40.8 Å². The third kappa shape index (κ3) is 6.87. The third-order valence-corrected chi connectivity index (χ3v) is 10.6. The van der Waals surface area contributed by atoms with E-state index in [0.717, 1.165) is 29.0 Å². The first kappa shape index (κ1) is 38.1. The van der Waals surface area contributed by atoms with Crippen LogP contribution in [0.4, 0.5) is 32.2 Å². The molecule has 0 radical (unpaired) electrons. The van der Waals surface area contributed by atoms with Crippen LogP contribution in [-0.4, -0.2) is 59.7 Å². The number of hydrogen-bond donors (Lipinski definition) is 2. The van der Waals surface area contributed by atoms with Crippen molar-refractivity contribution >= 4 is 44.3 Å². The van der Waals surface area contributed by atoms with Crippen molar-refractivity contribution in [3.8, 4) is 17.1 Å². The molecule has 0 unspecified atom stereocenters. The summed E-state index contributed by atoms with van der Waals surface area (Å²) in [5.41, 5.74) is -2.67. The average Bonchev–Trinajstić information content (AvgIpc) is 3.66. The smallest absolute Gasteiger partial charge is 0.293 e. The number of aromatic nitrogens is 8. The monoisotopic (exact) mass is 832 g/mol. The minimum absolute atomic E-state index is 0.000780. The topological polar surface area (TPSA) is 172 Å². The Morgan fingerprint density at radius 1 is 1.07 bits per heavy atom. The van der Waals surface area contributed by atoms with Crippen LogP contribution in [0.15, 0.2) is 59.8 Å². The molecular formula is C35H27ClF6N10O4S. The molecule has 0 spiro atoms. The van der Waals surface area contributed by atoms with Crippen molar-refractivity contribution in [3.05, 3.63) is 110 Å². The van der Waals surface area contributed by atoms with Gasteiger partial charge in [-0.2, -0.15) is 19.0 Å². The molecule has 6 aromatic rings. The van der Waals surface area contributed by atoms with Gasteiger partial charge in [-0.25, -0.2) is 31.0 Å². The van der Waals surface area contributed by atoms with Gasteiger partial charge in [-0.1, -0.05) is 11.6 Å². The van der Waals surface area contributed by atoms with E-state index in [9.17, 15) is 35.6 Å². The lowest BCUT2D eigenvalue weighted by molar-refractivity contribution is -0.123. The number of sulfonamides is 1. The molecular weight excluding hydrogens is 806 g/mol. The Labute approximate surface area is 322 Å². The van der Waals surface area contributed by atoms with Crippen LogP contribution in [0.3, 0.4) is 0 Å². The molecule has 0 aliphatic heterocycles. The highest BCUT2D eigenvalue weighted by Crippen LogP contribution is 2.68. The van der Waals surface area contributed by atoms with Gasteiger partial charge in [-0.3, -0.25) is 38.2 Å². The lowest BCUT2D eigenvalue weighted by Gasteiger charge is -2.24. The van der Waals surface area contributed by atoms with Crippen molar-refractivity contribution in [2.75, 3.05) is 11.0 Å². The van der Waals surface area contributed by atoms with Crippen LogP contribution in [0.1, 0.15) is 53.1 Å². The van der Waals surface area contributed by atoms with Crippen LogP contribution < -0.4 is 15.6 Å². The third-order valence-electron chi connectivity index (χ3n) is 9.68. The molecule has 2 aliphatic rings. The second-order valence-corrected chi connectivity index (χ2v) is 15.8. The quantitative estimate of drug-likeness (QED) is 0.164. The number of anilines is 1. The first-order valence-electron chi connectivity index (χ1n) is 17.0. The number of alkyl halides is 4. The molecule has 8 rings (SSSR count). The van der Waals surface area contributed by atoms with Gasteiger partial charge >= 0.3 is 0 Å². The van der Waals surface area contributed by atoms with Gasteiger partial charge in [0, 0.05) is 49.5 Å². The lowest BCUT2D eigenvalue weighted by atomic mass is 10.0. The molecule has 3 atom stereocenters. The van der Waals surface area contributed by atoms with E-state index in [2.05, 4.69) is 35.2 Å². The van der Waals surface area contributed by atoms with E-state index in [1.165, 1.54) is 42.5 Å². The number of hydrogen-bond acceptors (Lipinski definition) is 9. The highest BCUT2D eigenvalue weighted by Gasteiger charge is 2.67. The predicted octanol–water partition coefficient (Wildman–Crippen LogP) is 5.32. The maximum Gasteiger partial charge on any atom is 0.293 e. The van der Waals surface area contributed by atoms with Gasteiger partial charge in [-0.15, -0.1) is 0 Å². The van der Waals surface area contributed by atoms with Crippen molar-refractivity contribution in [2.24, 2.45) is 13.0 Å². The summed E-state index contributed by atoms with van der Waals surface area (Å²) in [6.45, 7) is -0.986. The number of nitrogens with zero attached hydrogens (tertiary/aromatic N) is 8. The molecule has 22 heteroatoms. The Morgan fingerprint density at radius 2 is 1.81 bits per heavy atom. The fourth-order valence-electron chi connectivity index (χ4n) is 7.45. The molecule has 2 N–H and O–H groups in total. The summed E-state index contributed by atoms with van der Waals surface area (Å²) >= 11 is 6.54. The van der Waals surface area contributed by atoms with Crippen molar-refractivity contribution < 1.29 is 39.6 Å². The van der Waals surface area contributed by atoms with Gasteiger partial charge in [0.1, 0.15) is 41.1 Å². The summed E-state index contributed by atoms with van der Waals surface area (Å²) < 4.78 is 118. The summed E-state index contributed by atoms with van der Waals surface area (Å²) in [6, 6.07) is 4.83. The number of nitrogens with one attached hydrogen (secondary N) is 2. The van der Waals surface area contributed by atoms with E-state index in [-0.39, 0.29) is 62.2 Å². The Balaban J connectivity index is 1.31. The van der Waals surface area contributed by atoms with Gasteiger partial charge in [0.2, 0.25) is 15.9 Å². The van der Waals surface area contributed by atoms with Crippen LogP contribution in [0.25, 0.3) is 28.0 Å². The number of carbonyl (C=O) groups is 1. The van der Waals surface area contributed by atoms with Crippen molar-refractivity contribution in [1.82, 2.24) is 44.4 Å². The molecule has 0 bridgehead atoms. The standard InChI is InChI=1S/C35H27ClF6N10O4S/c1-50-30-24(4-3-20(36)28(30)33(48-50)49-57(2,55)56)52-26(54)12-21(23-13-43-5-6-44-23)46-34(52)22(9-15-7-16(37)10-17(38)8-15)45-25(53)14-51-31-27(29(47-51)32(39)40)18-11-19(18)35(31,41)42/h3-8,10,12-13,18-19,22,32H,9,11,14H2,1-2H3,(H,45,53)(H,48,49)/t18-,19+,22-/m0/s1. The summed E-state index contributed by atoms with van der Waals surface area (Å²) in [7, 11) is -2.46. The van der Waals surface area contributed by atoms with E-state index >= 15 is 8.78 Å². The van der Waals surface area contributed by atoms with Crippen LogP contribution in [0.2, 0.25) is 5.02 Å². The van der Waals surface area contributed by atoms with Gasteiger partial charge in [0.05, 0.1) is 45.8 Å². The van der Waals surface area contributed by atoms with Gasteiger partial charge < -0.3 is 5.32 Å². The molecule has 296 valence electrons. The van der Waals surface area contributed by atoms with Crippen molar-refractivity contribution in [1.29, 1.82) is 0 Å². The molecule has 57 heavy (non-hydrogen) atoms. The summed E-state index contributed by atoms with van der Waals surface area (Å²) in [4.78, 5) is 41.2. The minimum atomic E-state index is -3.89. The largest absolute Gasteiger partial charge is 0.344 e.